The quantitative estimate of drug-likeness (QED) is 0.651. The average molecular weight is 257 g/mol. The van der Waals surface area contributed by atoms with Crippen molar-refractivity contribution in [3.63, 3.8) is 0 Å². The van der Waals surface area contributed by atoms with Gasteiger partial charge in [0.05, 0.1) is 17.8 Å². The summed E-state index contributed by atoms with van der Waals surface area (Å²) in [5, 5.41) is 4.57. The molecule has 2 aliphatic heterocycles. The Morgan fingerprint density at radius 2 is 2.00 bits per heavy atom. The summed E-state index contributed by atoms with van der Waals surface area (Å²) in [6.45, 7) is 3.36. The molecule has 0 saturated carbocycles. The van der Waals surface area contributed by atoms with Crippen molar-refractivity contribution in [2.45, 2.75) is 6.92 Å². The van der Waals surface area contributed by atoms with Gasteiger partial charge >= 0.3 is 0 Å². The molecule has 0 aromatic heterocycles. The van der Waals surface area contributed by atoms with Crippen LogP contribution in [0.1, 0.15) is 17.3 Å². The van der Waals surface area contributed by atoms with E-state index in [1.54, 1.807) is 4.90 Å². The number of amidine groups is 1. The zero-order chi connectivity index (χ0) is 13.6. The minimum absolute atomic E-state index is 0.0491. The number of hydrogen-bond donors (Lipinski definition) is 0. The molecule has 98 valence electrons. The van der Waals surface area contributed by atoms with Gasteiger partial charge in [0, 0.05) is 19.1 Å². The molecule has 1 aromatic rings. The third-order valence-corrected chi connectivity index (χ3v) is 3.67. The van der Waals surface area contributed by atoms with Gasteiger partial charge in [0.25, 0.3) is 5.91 Å². The van der Waals surface area contributed by atoms with Crippen molar-refractivity contribution in [3.05, 3.63) is 29.8 Å². The second kappa shape index (κ2) is 4.19. The van der Waals surface area contributed by atoms with E-state index in [0.29, 0.717) is 6.54 Å². The first-order valence-electron chi connectivity index (χ1n) is 6.33. The van der Waals surface area contributed by atoms with E-state index in [2.05, 4.69) is 16.9 Å². The summed E-state index contributed by atoms with van der Waals surface area (Å²) in [6, 6.07) is 7.73. The van der Waals surface area contributed by atoms with Gasteiger partial charge in [-0.25, -0.2) is 0 Å². The van der Waals surface area contributed by atoms with Crippen molar-refractivity contribution in [1.29, 1.82) is 0 Å². The van der Waals surface area contributed by atoms with Crippen molar-refractivity contribution in [2.24, 2.45) is 5.10 Å². The van der Waals surface area contributed by atoms with Gasteiger partial charge in [-0.1, -0.05) is 16.8 Å². The number of rotatable bonds is 0. The summed E-state index contributed by atoms with van der Waals surface area (Å²) in [6.07, 6.45) is 0. The van der Waals surface area contributed by atoms with Crippen molar-refractivity contribution in [2.75, 3.05) is 32.1 Å². The standard InChI is InChI=1S/C14H17N4O/c1-10-8-18-12-7-5-4-6-11(12)14(19)16(2)9-13(18)15-17(10)3/h4-7H,8-9H2,1-3H3/q+1. The van der Waals surface area contributed by atoms with Crippen LogP contribution < -0.4 is 4.90 Å². The number of amides is 1. The van der Waals surface area contributed by atoms with E-state index in [1.165, 1.54) is 0 Å². The van der Waals surface area contributed by atoms with Gasteiger partial charge in [0.15, 0.2) is 12.9 Å². The van der Waals surface area contributed by atoms with E-state index in [4.69, 9.17) is 0 Å². The number of carbonyl (C=O) groups is 1. The molecular formula is C14H17N4O+. The topological polar surface area (TPSA) is 38.9 Å². The number of nitrogens with zero attached hydrogens (tertiary/aromatic N) is 4. The Hall–Kier alpha value is -2.17. The first-order valence-corrected chi connectivity index (χ1v) is 6.33. The predicted octanol–water partition coefficient (Wildman–Crippen LogP) is 1.01. The average Bonchev–Trinajstić information content (AvgIpc) is 2.50. The zero-order valence-electron chi connectivity index (χ0n) is 11.4. The highest BCUT2D eigenvalue weighted by Crippen LogP contribution is 2.26. The normalized spacial score (nSPS) is 18.9. The highest BCUT2D eigenvalue weighted by Gasteiger charge is 2.33. The maximum absolute atomic E-state index is 12.4. The van der Waals surface area contributed by atoms with Crippen LogP contribution in [-0.4, -0.2) is 54.2 Å². The van der Waals surface area contributed by atoms with Crippen LogP contribution in [0.2, 0.25) is 0 Å². The molecule has 19 heavy (non-hydrogen) atoms. The third kappa shape index (κ3) is 1.82. The van der Waals surface area contributed by atoms with Gasteiger partial charge in [-0.3, -0.25) is 4.79 Å². The number of anilines is 1. The highest BCUT2D eigenvalue weighted by atomic mass is 16.2. The molecule has 0 N–H and O–H groups in total. The fourth-order valence-corrected chi connectivity index (χ4v) is 2.46. The van der Waals surface area contributed by atoms with Crippen LogP contribution in [0.25, 0.3) is 0 Å². The Kier molecular flexibility index (Phi) is 2.62. The van der Waals surface area contributed by atoms with Gasteiger partial charge in [-0.15, -0.1) is 0 Å². The fourth-order valence-electron chi connectivity index (χ4n) is 2.46. The third-order valence-electron chi connectivity index (χ3n) is 3.67. The minimum atomic E-state index is 0.0491. The molecule has 0 unspecified atom stereocenters. The van der Waals surface area contributed by atoms with Gasteiger partial charge in [-0.05, 0) is 12.1 Å². The SMILES string of the molecule is CC1=[N+](C)N=C2CN(C)C(=O)c3ccccc3N2C1. The Morgan fingerprint density at radius 1 is 1.26 bits per heavy atom. The molecule has 2 heterocycles. The molecule has 1 aromatic carbocycles. The van der Waals surface area contributed by atoms with E-state index in [9.17, 15) is 4.79 Å². The van der Waals surface area contributed by atoms with Crippen LogP contribution in [-0.2, 0) is 0 Å². The highest BCUT2D eigenvalue weighted by molar-refractivity contribution is 6.13. The van der Waals surface area contributed by atoms with Crippen molar-refractivity contribution in [3.8, 4) is 0 Å². The van der Waals surface area contributed by atoms with Gasteiger partial charge in [0.2, 0.25) is 5.71 Å². The first-order chi connectivity index (χ1) is 9.08. The number of carbonyl (C=O) groups excluding carboxylic acids is 1. The molecule has 5 heteroatoms. The predicted molar refractivity (Wildman–Crippen MR) is 75.0 cm³/mol. The summed E-state index contributed by atoms with van der Waals surface area (Å²) in [5.74, 6) is 0.960. The molecule has 0 fully saturated rings. The number of likely N-dealkylation sites (N-methyl/N-ethyl adjacent to an activating group) is 1. The smallest absolute Gasteiger partial charge is 0.256 e. The lowest BCUT2D eigenvalue weighted by molar-refractivity contribution is -0.505. The van der Waals surface area contributed by atoms with E-state index in [0.717, 1.165) is 29.3 Å². The van der Waals surface area contributed by atoms with Crippen LogP contribution in [0, 0.1) is 0 Å². The zero-order valence-corrected chi connectivity index (χ0v) is 11.4. The Morgan fingerprint density at radius 3 is 2.79 bits per heavy atom. The van der Waals surface area contributed by atoms with Crippen LogP contribution in [0.3, 0.4) is 0 Å². The molecule has 0 radical (unpaired) electrons. The van der Waals surface area contributed by atoms with Gasteiger partial charge in [0.1, 0.15) is 6.54 Å². The number of hydrazone groups is 1. The maximum atomic E-state index is 12.4. The van der Waals surface area contributed by atoms with Crippen LogP contribution >= 0.6 is 0 Å². The molecule has 0 bridgehead atoms. The molecule has 1 amide bonds. The number of fused-ring (bicyclic) bond motifs is 3. The van der Waals surface area contributed by atoms with Crippen LogP contribution in [0.5, 0.6) is 0 Å². The Balaban J connectivity index is 2.18. The van der Waals surface area contributed by atoms with Crippen LogP contribution in [0.15, 0.2) is 29.4 Å². The number of hydrogen-bond acceptors (Lipinski definition) is 3. The fraction of sp³-hybridized carbons (Fsp3) is 0.357. The number of benzene rings is 1. The lowest BCUT2D eigenvalue weighted by atomic mass is 10.1. The summed E-state index contributed by atoms with van der Waals surface area (Å²) < 4.78 is 1.89. The van der Waals surface area contributed by atoms with E-state index in [1.807, 2.05) is 43.0 Å². The van der Waals surface area contributed by atoms with Crippen LogP contribution in [0.4, 0.5) is 5.69 Å². The largest absolute Gasteiger partial charge is 0.334 e. The van der Waals surface area contributed by atoms with E-state index < -0.39 is 0 Å². The molecule has 0 atom stereocenters. The minimum Gasteiger partial charge on any atom is -0.334 e. The first kappa shape index (κ1) is 11.9. The van der Waals surface area contributed by atoms with E-state index in [-0.39, 0.29) is 5.91 Å². The maximum Gasteiger partial charge on any atom is 0.256 e. The lowest BCUT2D eigenvalue weighted by Gasteiger charge is -2.25. The summed E-state index contributed by atoms with van der Waals surface area (Å²) in [4.78, 5) is 16.2. The molecule has 2 aliphatic rings. The molecule has 5 nitrogen and oxygen atoms in total. The van der Waals surface area contributed by atoms with Crippen molar-refractivity contribution >= 4 is 23.1 Å². The van der Waals surface area contributed by atoms with E-state index >= 15 is 0 Å². The molecule has 0 saturated heterocycles. The second-order valence-electron chi connectivity index (χ2n) is 5.04. The molecule has 0 spiro atoms. The summed E-state index contributed by atoms with van der Waals surface area (Å²) in [5.41, 5.74) is 2.85. The second-order valence-corrected chi connectivity index (χ2v) is 5.04. The summed E-state index contributed by atoms with van der Waals surface area (Å²) in [7, 11) is 3.76. The lowest BCUT2D eigenvalue weighted by Crippen LogP contribution is -2.45. The molecular weight excluding hydrogens is 240 g/mol. The van der Waals surface area contributed by atoms with Crippen molar-refractivity contribution in [1.82, 2.24) is 4.90 Å². The van der Waals surface area contributed by atoms with Crippen molar-refractivity contribution < 1.29 is 9.48 Å². The number of para-hydroxylation sites is 1. The van der Waals surface area contributed by atoms with Gasteiger partial charge < -0.3 is 9.80 Å². The summed E-state index contributed by atoms with van der Waals surface area (Å²) >= 11 is 0. The van der Waals surface area contributed by atoms with Gasteiger partial charge in [-0.2, -0.15) is 0 Å². The Bertz CT molecular complexity index is 618. The Labute approximate surface area is 112 Å². The monoisotopic (exact) mass is 257 g/mol. The molecule has 3 rings (SSSR count). The molecule has 0 aliphatic carbocycles.